The number of esters is 4. The molecule has 1 fully saturated rings. The molecule has 2 aromatic rings. The molecule has 0 amide bonds. The molecule has 1 aliphatic carbocycles. The average molecular weight is 747 g/mol. The number of nitriles is 1. The van der Waals surface area contributed by atoms with Gasteiger partial charge < -0.3 is 28.4 Å². The van der Waals surface area contributed by atoms with E-state index in [0.29, 0.717) is 84.5 Å². The van der Waals surface area contributed by atoms with E-state index in [-0.39, 0.29) is 53.1 Å². The zero-order chi connectivity index (χ0) is 37.3. The van der Waals surface area contributed by atoms with Crippen LogP contribution in [0.3, 0.4) is 0 Å². The number of nitrogens with zero attached hydrogens (tertiary/aromatic N) is 2. The molecule has 1 saturated carbocycles. The van der Waals surface area contributed by atoms with Gasteiger partial charge in [-0.2, -0.15) is 0 Å². The lowest BCUT2D eigenvalue weighted by Gasteiger charge is -2.27. The van der Waals surface area contributed by atoms with Crippen LogP contribution in [0.5, 0.6) is 17.2 Å². The molecule has 0 spiro atoms. The van der Waals surface area contributed by atoms with E-state index in [0.717, 1.165) is 42.3 Å². The van der Waals surface area contributed by atoms with Crippen molar-refractivity contribution in [1.82, 2.24) is 0 Å². The van der Waals surface area contributed by atoms with E-state index in [1.54, 1.807) is 30.3 Å². The molecule has 0 radical (unpaired) electrons. The molecule has 14 heteroatoms. The SMILES string of the molecule is [C-]#[N+]/C(C#N)=C1\Sc2c(OC(=O)c3ccc(OCCCCC(=O)OC=C)cc3)ccc(OC(=O)C3CCC(OCCCCOC(=O)C=C)CC3)c2S1. The molecule has 272 valence electrons. The van der Waals surface area contributed by atoms with Gasteiger partial charge >= 0.3 is 23.9 Å². The van der Waals surface area contributed by atoms with Crippen LogP contribution in [0.15, 0.2) is 81.6 Å². The normalized spacial score (nSPS) is 17.0. The van der Waals surface area contributed by atoms with Crippen molar-refractivity contribution >= 4 is 47.4 Å². The highest BCUT2D eigenvalue weighted by atomic mass is 32.2. The van der Waals surface area contributed by atoms with E-state index in [9.17, 15) is 24.4 Å². The van der Waals surface area contributed by atoms with Gasteiger partial charge in [-0.25, -0.2) is 19.7 Å². The van der Waals surface area contributed by atoms with Gasteiger partial charge in [0.1, 0.15) is 17.2 Å². The first-order valence-corrected chi connectivity index (χ1v) is 18.3. The first-order valence-electron chi connectivity index (χ1n) is 16.7. The number of allylic oxidation sites excluding steroid dienone is 1. The molecule has 1 heterocycles. The van der Waals surface area contributed by atoms with E-state index < -0.39 is 11.9 Å². The van der Waals surface area contributed by atoms with Crippen LogP contribution in [0.1, 0.15) is 68.1 Å². The predicted molar refractivity (Wildman–Crippen MR) is 192 cm³/mol. The predicted octanol–water partition coefficient (Wildman–Crippen LogP) is 7.94. The van der Waals surface area contributed by atoms with Crippen molar-refractivity contribution in [2.75, 3.05) is 19.8 Å². The Morgan fingerprint density at radius 1 is 0.885 bits per heavy atom. The lowest BCUT2D eigenvalue weighted by atomic mass is 9.87. The van der Waals surface area contributed by atoms with Crippen molar-refractivity contribution in [3.63, 3.8) is 0 Å². The third-order valence-electron chi connectivity index (χ3n) is 7.91. The number of hydrogen-bond acceptors (Lipinski definition) is 13. The van der Waals surface area contributed by atoms with E-state index >= 15 is 0 Å². The number of unbranched alkanes of at least 4 members (excludes halogenated alkanes) is 2. The molecular formula is C38H38N2O10S2. The number of benzene rings is 2. The van der Waals surface area contributed by atoms with Gasteiger partial charge in [0.15, 0.2) is 0 Å². The first-order chi connectivity index (χ1) is 25.3. The Morgan fingerprint density at radius 2 is 1.54 bits per heavy atom. The fraction of sp³-hybridized carbons (Fsp3) is 0.368. The third-order valence-corrected chi connectivity index (χ3v) is 10.5. The zero-order valence-electron chi connectivity index (χ0n) is 28.5. The van der Waals surface area contributed by atoms with Crippen molar-refractivity contribution in [2.24, 2.45) is 5.92 Å². The number of ether oxygens (including phenoxy) is 6. The Labute approximate surface area is 310 Å². The summed E-state index contributed by atoms with van der Waals surface area (Å²) in [5, 5.41) is 9.52. The monoisotopic (exact) mass is 746 g/mol. The van der Waals surface area contributed by atoms with Crippen LogP contribution in [0.25, 0.3) is 4.85 Å². The fourth-order valence-electron chi connectivity index (χ4n) is 5.20. The highest BCUT2D eigenvalue weighted by molar-refractivity contribution is 8.24. The van der Waals surface area contributed by atoms with Crippen molar-refractivity contribution in [3.05, 3.63) is 88.8 Å². The summed E-state index contributed by atoms with van der Waals surface area (Å²) in [6.45, 7) is 15.4. The van der Waals surface area contributed by atoms with Crippen molar-refractivity contribution in [2.45, 2.75) is 73.7 Å². The fourth-order valence-corrected chi connectivity index (χ4v) is 7.67. The quantitative estimate of drug-likeness (QED) is 0.0276. The molecule has 4 rings (SSSR count). The van der Waals surface area contributed by atoms with E-state index in [2.05, 4.69) is 22.7 Å². The van der Waals surface area contributed by atoms with Crippen LogP contribution >= 0.6 is 23.5 Å². The Bertz CT molecular complexity index is 1740. The van der Waals surface area contributed by atoms with Gasteiger partial charge in [-0.3, -0.25) is 9.59 Å². The van der Waals surface area contributed by atoms with Crippen LogP contribution in [-0.4, -0.2) is 49.8 Å². The van der Waals surface area contributed by atoms with Gasteiger partial charge in [0.25, 0.3) is 5.70 Å². The summed E-state index contributed by atoms with van der Waals surface area (Å²) in [6, 6.07) is 11.4. The maximum atomic E-state index is 13.3. The minimum absolute atomic E-state index is 0.0332. The van der Waals surface area contributed by atoms with E-state index in [1.807, 2.05) is 6.07 Å². The number of rotatable bonds is 18. The smallest absolute Gasteiger partial charge is 0.343 e. The molecule has 1 aliphatic heterocycles. The molecule has 2 aliphatic rings. The number of carbonyl (C=O) groups is 4. The Morgan fingerprint density at radius 3 is 2.17 bits per heavy atom. The molecule has 0 unspecified atom stereocenters. The molecular weight excluding hydrogens is 709 g/mol. The summed E-state index contributed by atoms with van der Waals surface area (Å²) >= 11 is 2.23. The summed E-state index contributed by atoms with van der Waals surface area (Å²) in [7, 11) is 0. The van der Waals surface area contributed by atoms with Crippen molar-refractivity contribution in [3.8, 4) is 23.3 Å². The number of carbonyl (C=O) groups excluding carboxylic acids is 4. The molecule has 52 heavy (non-hydrogen) atoms. The summed E-state index contributed by atoms with van der Waals surface area (Å²) in [6.07, 6.45) is 7.78. The molecule has 0 saturated heterocycles. The maximum absolute atomic E-state index is 13.3. The number of hydrogen-bond donors (Lipinski definition) is 0. The van der Waals surface area contributed by atoms with Gasteiger partial charge in [0.05, 0.1) is 63.7 Å². The molecule has 12 nitrogen and oxygen atoms in total. The van der Waals surface area contributed by atoms with Gasteiger partial charge in [-0.05, 0) is 87.8 Å². The largest absolute Gasteiger partial charge is 0.494 e. The van der Waals surface area contributed by atoms with Gasteiger partial charge in [-0.1, -0.05) is 36.7 Å². The average Bonchev–Trinajstić information content (AvgIpc) is 3.61. The van der Waals surface area contributed by atoms with Crippen LogP contribution in [-0.2, 0) is 28.6 Å². The summed E-state index contributed by atoms with van der Waals surface area (Å²) in [5.41, 5.74) is 0.145. The standard InChI is InChI=1S/C38H38N2O10S2/c1-4-32(41)48-23-9-8-22-47-28-17-13-26(14-18-28)37(44)50-31-20-19-30(34-35(31)52-38(51-34)29(24-39)40-3)49-36(43)25-11-15-27(16-12-25)46-21-7-6-10-33(42)45-5-2/h4-5,11-12,15-16,19-20,26,28H,1-2,6-10,13-14,17-18,21-23H2/b38-29+. The minimum Gasteiger partial charge on any atom is -0.494 e. The summed E-state index contributed by atoms with van der Waals surface area (Å²) in [4.78, 5) is 53.2. The van der Waals surface area contributed by atoms with Gasteiger partial charge in [0, 0.05) is 19.1 Å². The lowest BCUT2D eigenvalue weighted by Crippen LogP contribution is -2.29. The Balaban J connectivity index is 1.33. The van der Waals surface area contributed by atoms with Crippen LogP contribution in [0.4, 0.5) is 0 Å². The van der Waals surface area contributed by atoms with Crippen molar-refractivity contribution < 1.29 is 47.6 Å². The van der Waals surface area contributed by atoms with Gasteiger partial charge in [0.2, 0.25) is 0 Å². The van der Waals surface area contributed by atoms with Gasteiger partial charge in [-0.15, -0.1) is 0 Å². The second kappa shape index (κ2) is 20.7. The molecule has 0 aromatic heterocycles. The number of fused-ring (bicyclic) bond motifs is 1. The van der Waals surface area contributed by atoms with E-state index in [1.165, 1.54) is 6.07 Å². The minimum atomic E-state index is -0.636. The summed E-state index contributed by atoms with van der Waals surface area (Å²) in [5.74, 6) is -1.15. The van der Waals surface area contributed by atoms with E-state index in [4.69, 9.17) is 30.3 Å². The third kappa shape index (κ3) is 11.8. The van der Waals surface area contributed by atoms with Crippen LogP contribution in [0, 0.1) is 23.8 Å². The first kappa shape index (κ1) is 39.8. The zero-order valence-corrected chi connectivity index (χ0v) is 30.1. The lowest BCUT2D eigenvalue weighted by molar-refractivity contribution is -0.141. The molecule has 0 N–H and O–H groups in total. The topological polar surface area (TPSA) is 152 Å². The second-order valence-corrected chi connectivity index (χ2v) is 13.8. The second-order valence-electron chi connectivity index (χ2n) is 11.5. The highest BCUT2D eigenvalue weighted by Gasteiger charge is 2.33. The maximum Gasteiger partial charge on any atom is 0.343 e. The highest BCUT2D eigenvalue weighted by Crippen LogP contribution is 2.59. The van der Waals surface area contributed by atoms with Crippen LogP contribution in [0.2, 0.25) is 0 Å². The molecule has 0 atom stereocenters. The Kier molecular flexibility index (Phi) is 15.9. The molecule has 0 bridgehead atoms. The van der Waals surface area contributed by atoms with Crippen molar-refractivity contribution in [1.29, 1.82) is 5.26 Å². The number of thioether (sulfide) groups is 2. The van der Waals surface area contributed by atoms with Crippen LogP contribution < -0.4 is 14.2 Å². The Hall–Kier alpha value is -5.02. The molecule has 2 aromatic carbocycles. The summed E-state index contributed by atoms with van der Waals surface area (Å²) < 4.78 is 33.3.